The molecule has 0 atom stereocenters. The molecule has 3 nitrogen and oxygen atoms in total. The maximum Gasteiger partial charge on any atom is 0.0930 e. The monoisotopic (exact) mass is 423 g/mol. The Morgan fingerprint density at radius 1 is 0.893 bits per heavy atom. The molecule has 0 N–H and O–H groups in total. The lowest BCUT2D eigenvalue weighted by atomic mass is 10.1. The molecule has 6 heteroatoms. The zero-order valence-corrected chi connectivity index (χ0v) is 17.0. The second kappa shape index (κ2) is 7.28. The van der Waals surface area contributed by atoms with Gasteiger partial charge in [0.25, 0.3) is 0 Å². The van der Waals surface area contributed by atoms with Crippen molar-refractivity contribution in [1.82, 2.24) is 15.0 Å². The zero-order valence-electron chi connectivity index (χ0n) is 14.7. The summed E-state index contributed by atoms with van der Waals surface area (Å²) in [6.45, 7) is 0. The summed E-state index contributed by atoms with van der Waals surface area (Å²) in [5.41, 5.74) is 7.06. The molecule has 0 saturated heterocycles. The van der Waals surface area contributed by atoms with E-state index < -0.39 is 0 Å². The van der Waals surface area contributed by atoms with Gasteiger partial charge in [0.15, 0.2) is 0 Å². The van der Waals surface area contributed by atoms with Crippen molar-refractivity contribution in [3.8, 4) is 16.8 Å². The van der Waals surface area contributed by atoms with Crippen LogP contribution in [0, 0.1) is 0 Å². The molecule has 3 aromatic carbocycles. The van der Waals surface area contributed by atoms with Gasteiger partial charge in [0.1, 0.15) is 0 Å². The fraction of sp³-hybridized carbons (Fsp3) is 0.0909. The number of benzene rings is 3. The first-order valence-corrected chi connectivity index (χ1v) is 10.7. The van der Waals surface area contributed by atoms with Gasteiger partial charge in [-0.2, -0.15) is 0 Å². The molecule has 28 heavy (non-hydrogen) atoms. The van der Waals surface area contributed by atoms with Crippen molar-refractivity contribution in [1.29, 1.82) is 0 Å². The predicted molar refractivity (Wildman–Crippen MR) is 116 cm³/mol. The molecular weight excluding hydrogens is 409 g/mol. The molecule has 1 aromatic heterocycles. The van der Waals surface area contributed by atoms with Gasteiger partial charge in [-0.3, -0.25) is 0 Å². The van der Waals surface area contributed by atoms with Gasteiger partial charge in [0.2, 0.25) is 0 Å². The van der Waals surface area contributed by atoms with Crippen molar-refractivity contribution in [2.75, 3.05) is 0 Å². The smallest absolute Gasteiger partial charge is 0.0930 e. The Hall–Kier alpha value is -2.27. The van der Waals surface area contributed by atoms with Crippen molar-refractivity contribution >= 4 is 35.0 Å². The second-order valence-electron chi connectivity index (χ2n) is 6.62. The quantitative estimate of drug-likeness (QED) is 0.371. The number of rotatable bonds is 4. The molecule has 4 aromatic rings. The van der Waals surface area contributed by atoms with Crippen LogP contribution in [0.15, 0.2) is 72.9 Å². The Morgan fingerprint density at radius 3 is 2.25 bits per heavy atom. The highest BCUT2D eigenvalue weighted by atomic mass is 35.5. The van der Waals surface area contributed by atoms with Gasteiger partial charge in [0.05, 0.1) is 27.9 Å². The molecule has 0 radical (unpaired) electrons. The van der Waals surface area contributed by atoms with Crippen LogP contribution in [0.3, 0.4) is 0 Å². The molecule has 0 unspecified atom stereocenters. The summed E-state index contributed by atoms with van der Waals surface area (Å²) in [5, 5.41) is 10.0. The van der Waals surface area contributed by atoms with Gasteiger partial charge in [-0.25, -0.2) is 4.68 Å². The molecule has 138 valence electrons. The predicted octanol–water partition coefficient (Wildman–Crippen LogP) is 6.58. The number of thioether (sulfide) groups is 1. The average Bonchev–Trinajstić information content (AvgIpc) is 3.29. The van der Waals surface area contributed by atoms with Crippen LogP contribution in [0.25, 0.3) is 16.8 Å². The van der Waals surface area contributed by atoms with Crippen molar-refractivity contribution in [3.63, 3.8) is 0 Å². The first kappa shape index (κ1) is 17.8. The van der Waals surface area contributed by atoms with Crippen molar-refractivity contribution < 1.29 is 0 Å². The Bertz CT molecular complexity index is 1130. The fourth-order valence-corrected chi connectivity index (χ4v) is 5.34. The minimum absolute atomic E-state index is 0.302. The lowest BCUT2D eigenvalue weighted by molar-refractivity contribution is 0.800. The van der Waals surface area contributed by atoms with E-state index in [2.05, 4.69) is 58.8 Å². The van der Waals surface area contributed by atoms with Gasteiger partial charge < -0.3 is 0 Å². The van der Waals surface area contributed by atoms with E-state index in [-0.39, 0.29) is 0 Å². The number of aromatic nitrogens is 3. The van der Waals surface area contributed by atoms with E-state index in [1.807, 2.05) is 24.0 Å². The van der Waals surface area contributed by atoms with E-state index in [1.54, 1.807) is 16.8 Å². The Labute approximate surface area is 177 Å². The third-order valence-corrected chi connectivity index (χ3v) is 6.71. The van der Waals surface area contributed by atoms with Crippen molar-refractivity contribution in [2.24, 2.45) is 0 Å². The highest BCUT2D eigenvalue weighted by Crippen LogP contribution is 2.50. The summed E-state index contributed by atoms with van der Waals surface area (Å²) < 4.78 is 1.70. The van der Waals surface area contributed by atoms with Gasteiger partial charge in [-0.1, -0.05) is 76.9 Å². The fourth-order valence-electron chi connectivity index (χ4n) is 3.61. The van der Waals surface area contributed by atoms with Crippen LogP contribution in [0.2, 0.25) is 10.0 Å². The number of nitrogens with zero attached hydrogens (tertiary/aromatic N) is 3. The average molecular weight is 424 g/mol. The summed E-state index contributed by atoms with van der Waals surface area (Å²) in [6, 6.07) is 22.6. The van der Waals surface area contributed by atoms with Crippen LogP contribution in [-0.4, -0.2) is 15.0 Å². The third kappa shape index (κ3) is 3.12. The SMILES string of the molecule is Clc1ccc(-n2cc(CSC3c4ccccc4-c4ccccc43)nn2)c(Cl)c1. The summed E-state index contributed by atoms with van der Waals surface area (Å²) in [7, 11) is 0. The molecule has 0 spiro atoms. The van der Waals surface area contributed by atoms with Crippen LogP contribution in [0.1, 0.15) is 22.1 Å². The largest absolute Gasteiger partial charge is 0.219 e. The van der Waals surface area contributed by atoms with E-state index >= 15 is 0 Å². The highest BCUT2D eigenvalue weighted by Gasteiger charge is 2.28. The molecule has 1 heterocycles. The van der Waals surface area contributed by atoms with E-state index in [0.29, 0.717) is 15.3 Å². The topological polar surface area (TPSA) is 30.7 Å². The summed E-state index contributed by atoms with van der Waals surface area (Å²) in [4.78, 5) is 0. The molecule has 1 aliphatic rings. The van der Waals surface area contributed by atoms with Crippen LogP contribution < -0.4 is 0 Å². The van der Waals surface area contributed by atoms with Gasteiger partial charge >= 0.3 is 0 Å². The summed E-state index contributed by atoms with van der Waals surface area (Å²) in [5.74, 6) is 0.762. The number of hydrogen-bond donors (Lipinski definition) is 0. The first-order valence-electron chi connectivity index (χ1n) is 8.87. The number of halogens is 2. The minimum Gasteiger partial charge on any atom is -0.219 e. The van der Waals surface area contributed by atoms with Crippen molar-refractivity contribution in [3.05, 3.63) is 99.8 Å². The summed E-state index contributed by atoms with van der Waals surface area (Å²) in [6.07, 6.45) is 1.93. The number of hydrogen-bond acceptors (Lipinski definition) is 3. The first-order chi connectivity index (χ1) is 13.7. The Morgan fingerprint density at radius 2 is 1.57 bits per heavy atom. The molecule has 0 fully saturated rings. The maximum atomic E-state index is 6.29. The lowest BCUT2D eigenvalue weighted by Gasteiger charge is -2.12. The molecule has 0 amide bonds. The molecule has 0 saturated carbocycles. The minimum atomic E-state index is 0.302. The van der Waals surface area contributed by atoms with Crippen LogP contribution >= 0.6 is 35.0 Å². The van der Waals surface area contributed by atoms with E-state index in [4.69, 9.17) is 23.2 Å². The normalized spacial score (nSPS) is 12.8. The standard InChI is InChI=1S/C22H15Cl2N3S/c23-14-9-10-21(20(24)11-14)27-12-15(25-26-27)13-28-22-18-7-3-1-5-16(18)17-6-2-4-8-19(17)22/h1-12,22H,13H2. The highest BCUT2D eigenvalue weighted by molar-refractivity contribution is 7.99. The lowest BCUT2D eigenvalue weighted by Crippen LogP contribution is -1.95. The van der Waals surface area contributed by atoms with Crippen LogP contribution in [-0.2, 0) is 5.75 Å². The van der Waals surface area contributed by atoms with Gasteiger partial charge in [0, 0.05) is 10.8 Å². The third-order valence-electron chi connectivity index (χ3n) is 4.87. The Kier molecular flexibility index (Phi) is 4.63. The second-order valence-corrected chi connectivity index (χ2v) is 8.55. The van der Waals surface area contributed by atoms with Crippen LogP contribution in [0.4, 0.5) is 0 Å². The Balaban J connectivity index is 1.40. The van der Waals surface area contributed by atoms with E-state index in [0.717, 1.165) is 17.1 Å². The van der Waals surface area contributed by atoms with Gasteiger partial charge in [-0.15, -0.1) is 16.9 Å². The molecular formula is C22H15Cl2N3S. The molecule has 1 aliphatic carbocycles. The zero-order chi connectivity index (χ0) is 19.1. The van der Waals surface area contributed by atoms with E-state index in [9.17, 15) is 0 Å². The molecule has 0 aliphatic heterocycles. The van der Waals surface area contributed by atoms with E-state index in [1.165, 1.54) is 22.3 Å². The van der Waals surface area contributed by atoms with Crippen molar-refractivity contribution in [2.45, 2.75) is 11.0 Å². The van der Waals surface area contributed by atoms with Gasteiger partial charge in [-0.05, 0) is 40.5 Å². The van der Waals surface area contributed by atoms with Crippen LogP contribution in [0.5, 0.6) is 0 Å². The molecule has 0 bridgehead atoms. The molecule has 5 rings (SSSR count). The maximum absolute atomic E-state index is 6.29. The number of fused-ring (bicyclic) bond motifs is 3. The summed E-state index contributed by atoms with van der Waals surface area (Å²) >= 11 is 14.1.